The maximum Gasteiger partial charge on any atom is 0.336 e. The highest BCUT2D eigenvalue weighted by atomic mass is 16.4. The predicted molar refractivity (Wildman–Crippen MR) is 80.3 cm³/mol. The third kappa shape index (κ3) is 3.58. The number of amides is 2. The molecule has 1 aromatic carbocycles. The van der Waals surface area contributed by atoms with Gasteiger partial charge in [-0.1, -0.05) is 6.07 Å². The van der Waals surface area contributed by atoms with E-state index in [2.05, 4.69) is 5.32 Å². The molecule has 0 radical (unpaired) electrons. The number of hydrogen-bond donors (Lipinski definition) is 4. The molecule has 1 aliphatic heterocycles. The maximum absolute atomic E-state index is 12.0. The summed E-state index contributed by atoms with van der Waals surface area (Å²) >= 11 is 0. The molecular formula is C15H14N2O7. The monoisotopic (exact) mass is 334 g/mol. The van der Waals surface area contributed by atoms with E-state index >= 15 is 0 Å². The van der Waals surface area contributed by atoms with Gasteiger partial charge in [0.25, 0.3) is 11.8 Å². The zero-order valence-electron chi connectivity index (χ0n) is 12.4. The number of β-amino-alcohol motifs (C(OH)–C–C–N with tert-alkyl or cyclic N) is 1. The molecule has 2 amide bonds. The first-order valence-electron chi connectivity index (χ1n) is 6.87. The van der Waals surface area contributed by atoms with Crippen LogP contribution in [-0.2, 0) is 20.8 Å². The van der Waals surface area contributed by atoms with Crippen LogP contribution in [0.4, 0.5) is 5.69 Å². The minimum Gasteiger partial charge on any atom is -0.481 e. The van der Waals surface area contributed by atoms with E-state index in [1.165, 1.54) is 18.2 Å². The number of carboxylic acids is 2. The Morgan fingerprint density at radius 1 is 1.17 bits per heavy atom. The average Bonchev–Trinajstić information content (AvgIpc) is 2.76. The molecule has 1 aromatic rings. The second-order valence-electron chi connectivity index (χ2n) is 4.95. The van der Waals surface area contributed by atoms with Crippen LogP contribution in [0.2, 0.25) is 0 Å². The molecule has 0 saturated carbocycles. The Labute approximate surface area is 135 Å². The normalized spacial score (nSPS) is 13.9. The van der Waals surface area contributed by atoms with Crippen LogP contribution in [0.1, 0.15) is 15.9 Å². The summed E-state index contributed by atoms with van der Waals surface area (Å²) in [5.41, 5.74) is 0.0628. The number of aliphatic hydroxyl groups is 1. The number of aliphatic carboxylic acids is 1. The largest absolute Gasteiger partial charge is 0.481 e. The third-order valence-electron chi connectivity index (χ3n) is 3.29. The zero-order valence-corrected chi connectivity index (χ0v) is 12.4. The maximum atomic E-state index is 12.0. The van der Waals surface area contributed by atoms with Crippen molar-refractivity contribution in [1.29, 1.82) is 0 Å². The lowest BCUT2D eigenvalue weighted by Gasteiger charge is -2.14. The molecule has 0 spiro atoms. The Bertz CT molecular complexity index is 754. The van der Waals surface area contributed by atoms with Gasteiger partial charge in [-0.2, -0.15) is 0 Å². The van der Waals surface area contributed by atoms with E-state index in [0.717, 1.165) is 11.0 Å². The number of carboxylic acid groups (broad SMARTS) is 2. The van der Waals surface area contributed by atoms with Crippen LogP contribution in [0.3, 0.4) is 0 Å². The fourth-order valence-corrected chi connectivity index (χ4v) is 2.24. The van der Waals surface area contributed by atoms with Crippen LogP contribution in [0, 0.1) is 0 Å². The van der Waals surface area contributed by atoms with E-state index < -0.39 is 30.2 Å². The summed E-state index contributed by atoms with van der Waals surface area (Å²) in [6.07, 6.45) is 0.593. The van der Waals surface area contributed by atoms with Crippen molar-refractivity contribution < 1.29 is 34.5 Å². The van der Waals surface area contributed by atoms with Crippen LogP contribution in [0.15, 0.2) is 30.0 Å². The smallest absolute Gasteiger partial charge is 0.336 e. The Balaban J connectivity index is 2.25. The summed E-state index contributed by atoms with van der Waals surface area (Å²) in [5.74, 6) is -3.70. The molecule has 4 N–H and O–H groups in total. The quantitative estimate of drug-likeness (QED) is 0.496. The molecule has 9 nitrogen and oxygen atoms in total. The number of hydrogen-bond acceptors (Lipinski definition) is 6. The number of nitrogens with one attached hydrogen (secondary N) is 1. The predicted octanol–water partition coefficient (Wildman–Crippen LogP) is -0.331. The van der Waals surface area contributed by atoms with Crippen molar-refractivity contribution in [2.45, 2.75) is 6.42 Å². The summed E-state index contributed by atoms with van der Waals surface area (Å²) in [4.78, 5) is 46.5. The number of aliphatic hydroxyl groups excluding tert-OH is 1. The molecular weight excluding hydrogens is 320 g/mol. The molecule has 126 valence electrons. The van der Waals surface area contributed by atoms with Crippen molar-refractivity contribution in [1.82, 2.24) is 4.90 Å². The molecule has 2 rings (SSSR count). The van der Waals surface area contributed by atoms with Crippen LogP contribution >= 0.6 is 0 Å². The highest BCUT2D eigenvalue weighted by molar-refractivity contribution is 6.17. The van der Waals surface area contributed by atoms with Crippen LogP contribution in [-0.4, -0.2) is 57.1 Å². The number of carbonyl (C=O) groups is 4. The lowest BCUT2D eigenvalue weighted by molar-refractivity contribution is -0.138. The van der Waals surface area contributed by atoms with Gasteiger partial charge in [0, 0.05) is 11.8 Å². The van der Waals surface area contributed by atoms with Crippen molar-refractivity contribution in [3.05, 3.63) is 41.1 Å². The molecule has 1 aliphatic rings. The molecule has 1 heterocycles. The van der Waals surface area contributed by atoms with Gasteiger partial charge in [0.1, 0.15) is 5.70 Å². The van der Waals surface area contributed by atoms with E-state index in [1.54, 1.807) is 0 Å². The van der Waals surface area contributed by atoms with E-state index in [-0.39, 0.29) is 35.7 Å². The minimum atomic E-state index is -1.31. The summed E-state index contributed by atoms with van der Waals surface area (Å²) in [5, 5.41) is 29.4. The first-order valence-corrected chi connectivity index (χ1v) is 6.87. The number of benzene rings is 1. The Kier molecular flexibility index (Phi) is 4.95. The van der Waals surface area contributed by atoms with Gasteiger partial charge in [0.2, 0.25) is 0 Å². The van der Waals surface area contributed by atoms with Crippen molar-refractivity contribution in [2.24, 2.45) is 0 Å². The van der Waals surface area contributed by atoms with Gasteiger partial charge in [0.15, 0.2) is 0 Å². The summed E-state index contributed by atoms with van der Waals surface area (Å²) in [7, 11) is 0. The van der Waals surface area contributed by atoms with Crippen molar-refractivity contribution in [3.8, 4) is 0 Å². The number of nitrogens with zero attached hydrogens (tertiary/aromatic N) is 1. The zero-order chi connectivity index (χ0) is 17.9. The second kappa shape index (κ2) is 6.92. The molecule has 0 saturated heterocycles. The van der Waals surface area contributed by atoms with Crippen molar-refractivity contribution >= 4 is 29.4 Å². The number of imide groups is 1. The standard InChI is InChI=1S/C15H14N2O7/c18-4-3-17-12(19)7-11(14(17)22)16-9-2-1-8(5-13(20)21)10(6-9)15(23)24/h1-2,6-7,16,18H,3-5H2,(H,20,21)(H,23,24). The van der Waals surface area contributed by atoms with E-state index in [4.69, 9.17) is 10.2 Å². The molecule has 0 aromatic heterocycles. The first-order chi connectivity index (χ1) is 11.3. The molecule has 0 atom stereocenters. The molecule has 0 fully saturated rings. The molecule has 0 bridgehead atoms. The fraction of sp³-hybridized carbons (Fsp3) is 0.200. The lowest BCUT2D eigenvalue weighted by atomic mass is 10.0. The van der Waals surface area contributed by atoms with Crippen LogP contribution < -0.4 is 5.32 Å². The van der Waals surface area contributed by atoms with Gasteiger partial charge >= 0.3 is 11.9 Å². The fourth-order valence-electron chi connectivity index (χ4n) is 2.24. The van der Waals surface area contributed by atoms with Gasteiger partial charge in [0.05, 0.1) is 25.1 Å². The Hall–Kier alpha value is -3.20. The van der Waals surface area contributed by atoms with Crippen LogP contribution in [0.5, 0.6) is 0 Å². The molecule has 0 aliphatic carbocycles. The van der Waals surface area contributed by atoms with Gasteiger partial charge in [-0.3, -0.25) is 19.3 Å². The SMILES string of the molecule is O=C(O)Cc1ccc(NC2=CC(=O)N(CCO)C2=O)cc1C(=O)O. The Morgan fingerprint density at radius 2 is 1.88 bits per heavy atom. The second-order valence-corrected chi connectivity index (χ2v) is 4.95. The summed E-state index contributed by atoms with van der Waals surface area (Å²) < 4.78 is 0. The molecule has 0 unspecified atom stereocenters. The topological polar surface area (TPSA) is 144 Å². The van der Waals surface area contributed by atoms with Gasteiger partial charge in [-0.05, 0) is 17.7 Å². The lowest BCUT2D eigenvalue weighted by Crippen LogP contribution is -2.34. The number of carbonyl (C=O) groups excluding carboxylic acids is 2. The molecule has 9 heteroatoms. The van der Waals surface area contributed by atoms with Gasteiger partial charge in [-0.25, -0.2) is 4.79 Å². The first kappa shape index (κ1) is 17.2. The number of anilines is 1. The summed E-state index contributed by atoms with van der Waals surface area (Å²) in [6.45, 7) is -0.511. The highest BCUT2D eigenvalue weighted by Crippen LogP contribution is 2.21. The summed E-state index contributed by atoms with van der Waals surface area (Å²) in [6, 6.07) is 3.93. The minimum absolute atomic E-state index is 0.0595. The van der Waals surface area contributed by atoms with Crippen molar-refractivity contribution in [2.75, 3.05) is 18.5 Å². The number of rotatable bonds is 7. The van der Waals surface area contributed by atoms with E-state index in [9.17, 15) is 24.3 Å². The average molecular weight is 334 g/mol. The van der Waals surface area contributed by atoms with Gasteiger partial charge in [-0.15, -0.1) is 0 Å². The van der Waals surface area contributed by atoms with E-state index in [1.807, 2.05) is 0 Å². The van der Waals surface area contributed by atoms with Gasteiger partial charge < -0.3 is 20.6 Å². The van der Waals surface area contributed by atoms with Crippen molar-refractivity contribution in [3.63, 3.8) is 0 Å². The van der Waals surface area contributed by atoms with Crippen LogP contribution in [0.25, 0.3) is 0 Å². The Morgan fingerprint density at radius 3 is 2.46 bits per heavy atom. The highest BCUT2D eigenvalue weighted by Gasteiger charge is 2.30. The molecule has 24 heavy (non-hydrogen) atoms. The number of aromatic carboxylic acids is 1. The third-order valence-corrected chi connectivity index (χ3v) is 3.29. The van der Waals surface area contributed by atoms with E-state index in [0.29, 0.717) is 0 Å².